The fourth-order valence-electron chi connectivity index (χ4n) is 4.60. The summed E-state index contributed by atoms with van der Waals surface area (Å²) in [6.07, 6.45) is 13.9. The number of esters is 2. The zero-order chi connectivity index (χ0) is 28.5. The van der Waals surface area contributed by atoms with Gasteiger partial charge in [-0.05, 0) is 77.4 Å². The summed E-state index contributed by atoms with van der Waals surface area (Å²) in [5.74, 6) is -0.659. The molecule has 0 aromatic rings. The molecule has 0 aliphatic carbocycles. The summed E-state index contributed by atoms with van der Waals surface area (Å²) in [5.41, 5.74) is 16.8. The molecule has 0 rings (SSSR count). The Bertz CT molecular complexity index is 575. The number of quaternary nitrogens is 2. The van der Waals surface area contributed by atoms with E-state index in [1.165, 1.54) is 38.5 Å². The van der Waals surface area contributed by atoms with Crippen molar-refractivity contribution < 1.29 is 28.0 Å². The van der Waals surface area contributed by atoms with E-state index in [1.807, 2.05) is 0 Å². The first kappa shape index (κ1) is 36.7. The van der Waals surface area contributed by atoms with E-state index in [0.717, 1.165) is 99.8 Å². The monoisotopic (exact) mass is 545 g/mol. The molecule has 0 amide bonds. The van der Waals surface area contributed by atoms with Gasteiger partial charge in [0.1, 0.15) is 26.3 Å². The summed E-state index contributed by atoms with van der Waals surface area (Å²) in [5, 5.41) is 0. The molecule has 0 saturated carbocycles. The molecule has 0 atom stereocenters. The second-order valence-corrected chi connectivity index (χ2v) is 11.7. The minimum atomic E-state index is -0.333. The van der Waals surface area contributed by atoms with Crippen LogP contribution in [-0.4, -0.2) is 108 Å². The van der Waals surface area contributed by atoms with E-state index in [2.05, 4.69) is 21.1 Å². The zero-order valence-electron chi connectivity index (χ0n) is 25.2. The fourth-order valence-corrected chi connectivity index (χ4v) is 4.60. The molecule has 0 aliphatic rings. The standard InChI is InChI=1S/C29H63N5O4/c1-33(2,21-13-7-4-10-18-30)24-26-37-28(35)16-17-29(36)38-27-25-34(3,22-14-8-5-11-19-31)23-15-9-6-12-20-32/h4-27,30-32H2,1-3H3/q+2. The van der Waals surface area contributed by atoms with Crippen LogP contribution in [0.15, 0.2) is 0 Å². The SMILES string of the molecule is C[N+](C)(CCCCCCN)CCOC(=O)CCC(=O)OCC[N+](C)(CCCCCCN)CCCCCCN. The van der Waals surface area contributed by atoms with Crippen LogP contribution in [0.2, 0.25) is 0 Å². The van der Waals surface area contributed by atoms with Crippen molar-refractivity contribution in [3.05, 3.63) is 0 Å². The normalized spacial score (nSPS) is 12.1. The predicted molar refractivity (Wildman–Crippen MR) is 156 cm³/mol. The second kappa shape index (κ2) is 23.6. The third-order valence-corrected chi connectivity index (χ3v) is 7.41. The molecular formula is C29H63N5O4+2. The highest BCUT2D eigenvalue weighted by Crippen LogP contribution is 2.12. The lowest BCUT2D eigenvalue weighted by Crippen LogP contribution is -2.48. The summed E-state index contributed by atoms with van der Waals surface area (Å²) in [4.78, 5) is 24.4. The first-order chi connectivity index (χ1) is 18.2. The van der Waals surface area contributed by atoms with E-state index in [0.29, 0.717) is 13.2 Å². The van der Waals surface area contributed by atoms with Gasteiger partial charge < -0.3 is 35.6 Å². The van der Waals surface area contributed by atoms with Gasteiger partial charge in [-0.2, -0.15) is 0 Å². The van der Waals surface area contributed by atoms with Crippen LogP contribution in [0.1, 0.15) is 89.9 Å². The van der Waals surface area contributed by atoms with Gasteiger partial charge in [-0.15, -0.1) is 0 Å². The maximum Gasteiger partial charge on any atom is 0.306 e. The topological polar surface area (TPSA) is 131 Å². The highest BCUT2D eigenvalue weighted by molar-refractivity contribution is 5.77. The summed E-state index contributed by atoms with van der Waals surface area (Å²) >= 11 is 0. The first-order valence-electron chi connectivity index (χ1n) is 15.2. The number of hydrogen-bond acceptors (Lipinski definition) is 7. The Labute approximate surface area is 233 Å². The summed E-state index contributed by atoms with van der Waals surface area (Å²) < 4.78 is 12.6. The van der Waals surface area contributed by atoms with Crippen LogP contribution in [0.25, 0.3) is 0 Å². The molecule has 0 aromatic carbocycles. The molecule has 0 radical (unpaired) electrons. The Morgan fingerprint density at radius 2 is 0.868 bits per heavy atom. The number of ether oxygens (including phenoxy) is 2. The number of unbranched alkanes of at least 4 members (excludes halogenated alkanes) is 9. The number of carbonyl (C=O) groups is 2. The third kappa shape index (κ3) is 22.7. The minimum Gasteiger partial charge on any atom is -0.460 e. The molecule has 0 fully saturated rings. The van der Waals surface area contributed by atoms with Crippen molar-refractivity contribution in [2.75, 3.05) is 86.7 Å². The van der Waals surface area contributed by atoms with Crippen molar-refractivity contribution >= 4 is 11.9 Å². The van der Waals surface area contributed by atoms with Gasteiger partial charge in [-0.25, -0.2) is 0 Å². The van der Waals surface area contributed by atoms with E-state index in [-0.39, 0.29) is 24.8 Å². The molecule has 9 nitrogen and oxygen atoms in total. The average Bonchev–Trinajstić information content (AvgIpc) is 2.87. The number of rotatable bonds is 27. The molecule has 38 heavy (non-hydrogen) atoms. The molecule has 0 bridgehead atoms. The molecule has 0 unspecified atom stereocenters. The number of likely N-dealkylation sites (N-methyl/N-ethyl adjacent to an activating group) is 2. The Morgan fingerprint density at radius 1 is 0.500 bits per heavy atom. The smallest absolute Gasteiger partial charge is 0.306 e. The zero-order valence-corrected chi connectivity index (χ0v) is 25.2. The molecular weight excluding hydrogens is 482 g/mol. The second-order valence-electron chi connectivity index (χ2n) is 11.7. The van der Waals surface area contributed by atoms with Crippen molar-refractivity contribution in [3.63, 3.8) is 0 Å². The Kier molecular flexibility index (Phi) is 22.8. The van der Waals surface area contributed by atoms with Crippen molar-refractivity contribution in [1.82, 2.24) is 0 Å². The minimum absolute atomic E-state index is 0.0692. The van der Waals surface area contributed by atoms with Gasteiger partial charge >= 0.3 is 11.9 Å². The van der Waals surface area contributed by atoms with Crippen LogP contribution < -0.4 is 17.2 Å². The summed E-state index contributed by atoms with van der Waals surface area (Å²) in [7, 11) is 6.57. The molecule has 0 spiro atoms. The molecule has 0 aliphatic heterocycles. The number of hydrogen-bond donors (Lipinski definition) is 3. The van der Waals surface area contributed by atoms with Gasteiger partial charge in [0.15, 0.2) is 0 Å². The van der Waals surface area contributed by atoms with Gasteiger partial charge in [0.2, 0.25) is 0 Å². The lowest BCUT2D eigenvalue weighted by Gasteiger charge is -2.34. The Hall–Kier alpha value is -1.26. The van der Waals surface area contributed by atoms with Crippen molar-refractivity contribution in [1.29, 1.82) is 0 Å². The molecule has 226 valence electrons. The van der Waals surface area contributed by atoms with Gasteiger partial charge in [-0.1, -0.05) is 19.3 Å². The quantitative estimate of drug-likeness (QED) is 0.0822. The highest BCUT2D eigenvalue weighted by Gasteiger charge is 2.22. The van der Waals surface area contributed by atoms with Crippen LogP contribution in [-0.2, 0) is 19.1 Å². The Morgan fingerprint density at radius 3 is 1.29 bits per heavy atom. The fraction of sp³-hybridized carbons (Fsp3) is 0.931. The van der Waals surface area contributed by atoms with E-state index in [9.17, 15) is 9.59 Å². The van der Waals surface area contributed by atoms with Crippen molar-refractivity contribution in [2.24, 2.45) is 17.2 Å². The van der Waals surface area contributed by atoms with Crippen LogP contribution in [0.5, 0.6) is 0 Å². The lowest BCUT2D eigenvalue weighted by atomic mass is 10.1. The lowest BCUT2D eigenvalue weighted by molar-refractivity contribution is -0.910. The van der Waals surface area contributed by atoms with E-state index >= 15 is 0 Å². The highest BCUT2D eigenvalue weighted by atomic mass is 16.5. The number of nitrogens with two attached hydrogens (primary N) is 3. The van der Waals surface area contributed by atoms with Gasteiger partial charge in [0.25, 0.3) is 0 Å². The molecule has 9 heteroatoms. The summed E-state index contributed by atoms with van der Waals surface area (Å²) in [6, 6.07) is 0. The van der Waals surface area contributed by atoms with Crippen LogP contribution in [0.3, 0.4) is 0 Å². The maximum atomic E-state index is 12.3. The van der Waals surface area contributed by atoms with Crippen LogP contribution in [0.4, 0.5) is 0 Å². The summed E-state index contributed by atoms with van der Waals surface area (Å²) in [6.45, 7) is 7.78. The van der Waals surface area contributed by atoms with Gasteiger partial charge in [-0.3, -0.25) is 9.59 Å². The van der Waals surface area contributed by atoms with Crippen molar-refractivity contribution in [3.8, 4) is 0 Å². The van der Waals surface area contributed by atoms with Crippen LogP contribution in [0, 0.1) is 0 Å². The molecule has 0 aromatic heterocycles. The number of nitrogens with zero attached hydrogens (tertiary/aromatic N) is 2. The van der Waals surface area contributed by atoms with E-state index in [1.54, 1.807) is 0 Å². The van der Waals surface area contributed by atoms with E-state index < -0.39 is 0 Å². The van der Waals surface area contributed by atoms with Crippen molar-refractivity contribution in [2.45, 2.75) is 89.9 Å². The van der Waals surface area contributed by atoms with Gasteiger partial charge in [0.05, 0.1) is 53.6 Å². The third-order valence-electron chi connectivity index (χ3n) is 7.41. The molecule has 0 saturated heterocycles. The van der Waals surface area contributed by atoms with Crippen LogP contribution >= 0.6 is 0 Å². The first-order valence-corrected chi connectivity index (χ1v) is 15.2. The predicted octanol–water partition coefficient (Wildman–Crippen LogP) is 2.93. The molecule has 0 heterocycles. The average molecular weight is 546 g/mol. The van der Waals surface area contributed by atoms with Gasteiger partial charge in [0, 0.05) is 0 Å². The van der Waals surface area contributed by atoms with E-state index in [4.69, 9.17) is 26.7 Å². The number of carbonyl (C=O) groups excluding carboxylic acids is 2. The Balaban J connectivity index is 4.22. The maximum absolute atomic E-state index is 12.3. The largest absolute Gasteiger partial charge is 0.460 e. The molecule has 6 N–H and O–H groups in total.